The van der Waals surface area contributed by atoms with Crippen molar-refractivity contribution < 1.29 is 10.2 Å². The molecule has 2 nitrogen and oxygen atoms in total. The number of aromatic hydroxyl groups is 1. The van der Waals surface area contributed by atoms with Gasteiger partial charge in [-0.1, -0.05) is 26.0 Å². The van der Waals surface area contributed by atoms with Gasteiger partial charge in [-0.15, -0.1) is 0 Å². The molecule has 2 heteroatoms. The van der Waals surface area contributed by atoms with Crippen LogP contribution >= 0.6 is 0 Å². The molecule has 24 heavy (non-hydrogen) atoms. The van der Waals surface area contributed by atoms with E-state index in [4.69, 9.17) is 0 Å². The second-order valence-electron chi connectivity index (χ2n) is 8.47. The number of phenolic OH excluding ortho intramolecular Hbond substituents is 1. The third-order valence-electron chi connectivity index (χ3n) is 7.36. The van der Waals surface area contributed by atoms with Crippen LogP contribution in [0.4, 0.5) is 0 Å². The molecule has 0 amide bonds. The summed E-state index contributed by atoms with van der Waals surface area (Å²) in [6.07, 6.45) is 11.8. The third-order valence-corrected chi connectivity index (χ3v) is 7.36. The number of aliphatic hydroxyl groups is 1. The van der Waals surface area contributed by atoms with Crippen LogP contribution in [0.5, 0.6) is 5.75 Å². The predicted molar refractivity (Wildman–Crippen MR) is 98.1 cm³/mol. The van der Waals surface area contributed by atoms with Crippen molar-refractivity contribution in [1.29, 1.82) is 0 Å². The summed E-state index contributed by atoms with van der Waals surface area (Å²) in [5, 5.41) is 20.8. The van der Waals surface area contributed by atoms with Gasteiger partial charge in [0.15, 0.2) is 0 Å². The molecule has 0 aliphatic heterocycles. The van der Waals surface area contributed by atoms with Crippen LogP contribution in [0.15, 0.2) is 18.2 Å². The Morgan fingerprint density at radius 2 is 2.04 bits per heavy atom. The molecule has 2 N–H and O–H groups in total. The fourth-order valence-corrected chi connectivity index (χ4v) is 5.98. The van der Waals surface area contributed by atoms with Crippen LogP contribution in [0, 0.1) is 17.3 Å². The summed E-state index contributed by atoms with van der Waals surface area (Å²) in [7, 11) is 0. The molecule has 0 bridgehead atoms. The Labute approximate surface area is 145 Å². The highest BCUT2D eigenvalue weighted by Crippen LogP contribution is 2.61. The van der Waals surface area contributed by atoms with Crippen LogP contribution in [0.2, 0.25) is 0 Å². The van der Waals surface area contributed by atoms with E-state index in [-0.39, 0.29) is 11.5 Å². The van der Waals surface area contributed by atoms with Gasteiger partial charge in [0, 0.05) is 5.56 Å². The SMILES string of the molecule is CC/C=C\c1cc2c(cc1O)CC[C@@H]1[C@@H]2CC[C@]2(C)[C@@H]1CC[C@@H]2O. The van der Waals surface area contributed by atoms with Crippen molar-refractivity contribution in [2.45, 2.75) is 70.8 Å². The lowest BCUT2D eigenvalue weighted by Crippen LogP contribution is -2.43. The van der Waals surface area contributed by atoms with Gasteiger partial charge in [0.1, 0.15) is 5.75 Å². The Morgan fingerprint density at radius 1 is 1.21 bits per heavy atom. The second kappa shape index (κ2) is 5.91. The molecule has 0 radical (unpaired) electrons. The predicted octanol–water partition coefficient (Wildman–Crippen LogP) is 5.03. The number of hydrogen-bond donors (Lipinski definition) is 2. The summed E-state index contributed by atoms with van der Waals surface area (Å²) < 4.78 is 0. The molecule has 0 saturated heterocycles. The molecular formula is C22H30O2. The van der Waals surface area contributed by atoms with Crippen LogP contribution in [0.3, 0.4) is 0 Å². The zero-order valence-electron chi connectivity index (χ0n) is 15.0. The Kier molecular flexibility index (Phi) is 3.99. The van der Waals surface area contributed by atoms with Gasteiger partial charge >= 0.3 is 0 Å². The summed E-state index contributed by atoms with van der Waals surface area (Å²) in [6.45, 7) is 4.45. The van der Waals surface area contributed by atoms with E-state index >= 15 is 0 Å². The fraction of sp³-hybridized carbons (Fsp3) is 0.636. The molecule has 3 aliphatic rings. The van der Waals surface area contributed by atoms with Gasteiger partial charge in [-0.05, 0) is 91.4 Å². The van der Waals surface area contributed by atoms with E-state index in [1.807, 2.05) is 6.07 Å². The average molecular weight is 326 g/mol. The van der Waals surface area contributed by atoms with Gasteiger partial charge in [0.05, 0.1) is 6.10 Å². The first kappa shape index (κ1) is 16.2. The topological polar surface area (TPSA) is 40.5 Å². The maximum Gasteiger partial charge on any atom is 0.123 e. The Morgan fingerprint density at radius 3 is 2.83 bits per heavy atom. The monoisotopic (exact) mass is 326 g/mol. The molecule has 1 aromatic carbocycles. The summed E-state index contributed by atoms with van der Waals surface area (Å²) in [6, 6.07) is 4.26. The minimum Gasteiger partial charge on any atom is -0.507 e. The van der Waals surface area contributed by atoms with E-state index < -0.39 is 0 Å². The van der Waals surface area contributed by atoms with E-state index in [0.29, 0.717) is 23.5 Å². The quantitative estimate of drug-likeness (QED) is 0.800. The second-order valence-corrected chi connectivity index (χ2v) is 8.47. The largest absolute Gasteiger partial charge is 0.507 e. The minimum atomic E-state index is -0.104. The molecule has 1 aromatic rings. The molecule has 0 aromatic heterocycles. The van der Waals surface area contributed by atoms with Gasteiger partial charge in [-0.3, -0.25) is 0 Å². The Bertz CT molecular complexity index is 662. The zero-order valence-corrected chi connectivity index (χ0v) is 15.0. The Hall–Kier alpha value is -1.28. The van der Waals surface area contributed by atoms with E-state index in [0.717, 1.165) is 31.2 Å². The van der Waals surface area contributed by atoms with Crippen molar-refractivity contribution in [3.05, 3.63) is 34.9 Å². The number of aliphatic hydroxyl groups excluding tert-OH is 1. The first-order valence-corrected chi connectivity index (χ1v) is 9.75. The van der Waals surface area contributed by atoms with E-state index in [1.54, 1.807) is 0 Å². The molecule has 2 fully saturated rings. The molecule has 130 valence electrons. The molecule has 3 aliphatic carbocycles. The number of benzene rings is 1. The zero-order chi connectivity index (χ0) is 16.9. The van der Waals surface area contributed by atoms with Crippen LogP contribution in [0.1, 0.15) is 75.0 Å². The molecular weight excluding hydrogens is 296 g/mol. The summed E-state index contributed by atoms with van der Waals surface area (Å²) in [5.41, 5.74) is 3.93. The van der Waals surface area contributed by atoms with Crippen LogP contribution in [0.25, 0.3) is 6.08 Å². The standard InChI is InChI=1S/C22H30O2/c1-3-4-5-15-12-18-14(13-20(15)23)6-7-17-16(18)10-11-22(2)19(17)8-9-21(22)24/h4-5,12-13,16-17,19,21,23-24H,3,6-11H2,1-2H3/b5-4-/t16-,17+,19+,21-,22+/m0/s1. The maximum atomic E-state index is 10.5. The maximum absolute atomic E-state index is 10.5. The summed E-state index contributed by atoms with van der Waals surface area (Å²) in [4.78, 5) is 0. The van der Waals surface area contributed by atoms with Crippen molar-refractivity contribution in [3.8, 4) is 5.75 Å². The molecule has 0 unspecified atom stereocenters. The van der Waals surface area contributed by atoms with Crippen LogP contribution in [-0.4, -0.2) is 16.3 Å². The van der Waals surface area contributed by atoms with Crippen LogP contribution < -0.4 is 0 Å². The van der Waals surface area contributed by atoms with Crippen LogP contribution in [-0.2, 0) is 6.42 Å². The third kappa shape index (κ3) is 2.34. The lowest BCUT2D eigenvalue weighted by atomic mass is 9.55. The van der Waals surface area contributed by atoms with E-state index in [2.05, 4.69) is 32.1 Å². The molecule has 5 atom stereocenters. The minimum absolute atomic E-state index is 0.104. The van der Waals surface area contributed by atoms with Gasteiger partial charge in [0.25, 0.3) is 0 Å². The first-order valence-electron chi connectivity index (χ1n) is 9.75. The smallest absolute Gasteiger partial charge is 0.123 e. The van der Waals surface area contributed by atoms with Gasteiger partial charge in [0.2, 0.25) is 0 Å². The molecule has 2 saturated carbocycles. The molecule has 0 spiro atoms. The van der Waals surface area contributed by atoms with Crippen molar-refractivity contribution in [3.63, 3.8) is 0 Å². The highest BCUT2D eigenvalue weighted by Gasteiger charge is 2.54. The van der Waals surface area contributed by atoms with Crippen molar-refractivity contribution >= 4 is 6.08 Å². The lowest BCUT2D eigenvalue weighted by Gasteiger charge is -2.50. The highest BCUT2D eigenvalue weighted by atomic mass is 16.3. The number of hydrogen-bond acceptors (Lipinski definition) is 2. The number of fused-ring (bicyclic) bond motifs is 5. The van der Waals surface area contributed by atoms with E-state index in [1.165, 1.54) is 30.4 Å². The normalized spacial score (nSPS) is 38.0. The first-order chi connectivity index (χ1) is 11.5. The lowest BCUT2D eigenvalue weighted by molar-refractivity contribution is -0.0226. The van der Waals surface area contributed by atoms with Gasteiger partial charge in [-0.2, -0.15) is 0 Å². The number of rotatable bonds is 2. The van der Waals surface area contributed by atoms with Gasteiger partial charge in [-0.25, -0.2) is 0 Å². The molecule has 0 heterocycles. The van der Waals surface area contributed by atoms with Crippen molar-refractivity contribution in [2.75, 3.05) is 0 Å². The fourth-order valence-electron chi connectivity index (χ4n) is 5.98. The van der Waals surface area contributed by atoms with Gasteiger partial charge < -0.3 is 10.2 Å². The van der Waals surface area contributed by atoms with Crippen molar-refractivity contribution in [1.82, 2.24) is 0 Å². The summed E-state index contributed by atoms with van der Waals surface area (Å²) >= 11 is 0. The number of aryl methyl sites for hydroxylation is 1. The highest BCUT2D eigenvalue weighted by molar-refractivity contribution is 5.60. The van der Waals surface area contributed by atoms with Crippen molar-refractivity contribution in [2.24, 2.45) is 17.3 Å². The number of allylic oxidation sites excluding steroid dienone is 1. The average Bonchev–Trinajstić information content (AvgIpc) is 2.88. The molecule has 4 rings (SSSR count). The number of phenols is 1. The summed E-state index contributed by atoms with van der Waals surface area (Å²) in [5.74, 6) is 2.42. The van der Waals surface area contributed by atoms with E-state index in [9.17, 15) is 10.2 Å². The Balaban J connectivity index is 1.70.